The molecular formula is C16H28N4O3. The van der Waals surface area contributed by atoms with Crippen LogP contribution in [0.1, 0.15) is 38.5 Å². The predicted octanol–water partition coefficient (Wildman–Crippen LogP) is -0.381. The molecule has 23 heavy (non-hydrogen) atoms. The van der Waals surface area contributed by atoms with Crippen LogP contribution in [0.4, 0.5) is 0 Å². The average Bonchev–Trinajstić information content (AvgIpc) is 3.07. The smallest absolute Gasteiger partial charge is 0.242 e. The number of hydrogen-bond acceptors (Lipinski definition) is 4. The van der Waals surface area contributed by atoms with Crippen LogP contribution in [0.15, 0.2) is 0 Å². The minimum atomic E-state index is -0.390. The van der Waals surface area contributed by atoms with Crippen LogP contribution in [0.2, 0.25) is 0 Å². The molecule has 7 nitrogen and oxygen atoms in total. The van der Waals surface area contributed by atoms with E-state index in [-0.39, 0.29) is 30.3 Å². The molecule has 2 aliphatic heterocycles. The van der Waals surface area contributed by atoms with Crippen molar-refractivity contribution >= 4 is 17.7 Å². The number of likely N-dealkylation sites (tertiary alicyclic amines) is 1. The molecule has 1 atom stereocenters. The summed E-state index contributed by atoms with van der Waals surface area (Å²) in [6.45, 7) is 2.63. The molecule has 7 heteroatoms. The third-order valence-electron chi connectivity index (χ3n) is 4.80. The van der Waals surface area contributed by atoms with E-state index < -0.39 is 0 Å². The monoisotopic (exact) mass is 324 g/mol. The fourth-order valence-corrected chi connectivity index (χ4v) is 3.37. The van der Waals surface area contributed by atoms with Gasteiger partial charge in [0.1, 0.15) is 6.04 Å². The number of amides is 3. The highest BCUT2D eigenvalue weighted by Crippen LogP contribution is 2.18. The highest BCUT2D eigenvalue weighted by Gasteiger charge is 2.33. The van der Waals surface area contributed by atoms with Gasteiger partial charge in [0.15, 0.2) is 0 Å². The molecule has 2 aliphatic rings. The van der Waals surface area contributed by atoms with E-state index in [4.69, 9.17) is 0 Å². The molecule has 1 unspecified atom stereocenters. The lowest BCUT2D eigenvalue weighted by Crippen LogP contribution is -2.48. The predicted molar refractivity (Wildman–Crippen MR) is 86.6 cm³/mol. The van der Waals surface area contributed by atoms with Crippen molar-refractivity contribution in [1.29, 1.82) is 0 Å². The Kier molecular flexibility index (Phi) is 6.83. The number of nitrogens with zero attached hydrogens (tertiary/aromatic N) is 1. The minimum Gasteiger partial charge on any atom is -0.357 e. The zero-order valence-corrected chi connectivity index (χ0v) is 13.9. The van der Waals surface area contributed by atoms with Crippen molar-refractivity contribution in [3.05, 3.63) is 0 Å². The molecule has 2 fully saturated rings. The Morgan fingerprint density at radius 3 is 2.61 bits per heavy atom. The lowest BCUT2D eigenvalue weighted by Gasteiger charge is -2.24. The summed E-state index contributed by atoms with van der Waals surface area (Å²) in [5.74, 6) is 0.223. The van der Waals surface area contributed by atoms with Crippen molar-refractivity contribution in [2.24, 2.45) is 5.92 Å². The Morgan fingerprint density at radius 2 is 1.91 bits per heavy atom. The molecule has 0 saturated carbocycles. The van der Waals surface area contributed by atoms with Gasteiger partial charge in [-0.15, -0.1) is 0 Å². The summed E-state index contributed by atoms with van der Waals surface area (Å²) in [6.07, 6.45) is 5.10. The standard InChI is InChI=1S/C16H28N4O3/c1-17-16(23)13-3-2-10-20(13)15(22)11-19-14(21)5-4-12-6-8-18-9-7-12/h12-13,18H,2-11H2,1H3,(H,17,23)(H,19,21). The van der Waals surface area contributed by atoms with Gasteiger partial charge in [0.05, 0.1) is 6.54 Å². The van der Waals surface area contributed by atoms with Crippen molar-refractivity contribution in [3.8, 4) is 0 Å². The number of carbonyl (C=O) groups is 3. The Morgan fingerprint density at radius 1 is 1.17 bits per heavy atom. The number of carbonyl (C=O) groups excluding carboxylic acids is 3. The Hall–Kier alpha value is -1.63. The SMILES string of the molecule is CNC(=O)C1CCCN1C(=O)CNC(=O)CCC1CCNCC1. The van der Waals surface area contributed by atoms with E-state index in [2.05, 4.69) is 16.0 Å². The highest BCUT2D eigenvalue weighted by molar-refractivity contribution is 5.90. The van der Waals surface area contributed by atoms with Crippen LogP contribution in [0.25, 0.3) is 0 Å². The Labute approximate surface area is 137 Å². The molecule has 0 radical (unpaired) electrons. The van der Waals surface area contributed by atoms with Gasteiger partial charge in [0.25, 0.3) is 0 Å². The number of nitrogens with one attached hydrogen (secondary N) is 3. The van der Waals surface area contributed by atoms with Gasteiger partial charge < -0.3 is 20.9 Å². The first-order valence-corrected chi connectivity index (χ1v) is 8.60. The molecule has 0 bridgehead atoms. The second-order valence-electron chi connectivity index (χ2n) is 6.37. The molecule has 130 valence electrons. The molecule has 0 aromatic rings. The van der Waals surface area contributed by atoms with Crippen molar-refractivity contribution in [2.75, 3.05) is 33.2 Å². The van der Waals surface area contributed by atoms with Crippen molar-refractivity contribution < 1.29 is 14.4 Å². The summed E-state index contributed by atoms with van der Waals surface area (Å²) in [6, 6.07) is -0.390. The van der Waals surface area contributed by atoms with Crippen LogP contribution < -0.4 is 16.0 Å². The fourth-order valence-electron chi connectivity index (χ4n) is 3.37. The minimum absolute atomic E-state index is 0.0153. The van der Waals surface area contributed by atoms with E-state index in [0.717, 1.165) is 38.8 Å². The maximum Gasteiger partial charge on any atom is 0.242 e. The maximum absolute atomic E-state index is 12.2. The van der Waals surface area contributed by atoms with E-state index in [1.807, 2.05) is 0 Å². The van der Waals surface area contributed by atoms with Crippen LogP contribution >= 0.6 is 0 Å². The van der Waals surface area contributed by atoms with Crippen LogP contribution in [-0.2, 0) is 14.4 Å². The van der Waals surface area contributed by atoms with E-state index in [1.165, 1.54) is 0 Å². The molecule has 2 heterocycles. The molecule has 0 aliphatic carbocycles. The van der Waals surface area contributed by atoms with Gasteiger partial charge in [0, 0.05) is 20.0 Å². The summed E-state index contributed by atoms with van der Waals surface area (Å²) in [5, 5.41) is 8.60. The van der Waals surface area contributed by atoms with Crippen LogP contribution in [0.5, 0.6) is 0 Å². The lowest BCUT2D eigenvalue weighted by molar-refractivity contribution is -0.138. The van der Waals surface area contributed by atoms with Gasteiger partial charge in [0.2, 0.25) is 17.7 Å². The molecule has 3 amide bonds. The molecule has 2 saturated heterocycles. The fraction of sp³-hybridized carbons (Fsp3) is 0.812. The number of hydrogen-bond donors (Lipinski definition) is 3. The number of likely N-dealkylation sites (N-methyl/N-ethyl adjacent to an activating group) is 1. The molecule has 0 aromatic heterocycles. The van der Waals surface area contributed by atoms with E-state index in [0.29, 0.717) is 25.3 Å². The van der Waals surface area contributed by atoms with Crippen molar-refractivity contribution in [2.45, 2.75) is 44.6 Å². The second-order valence-corrected chi connectivity index (χ2v) is 6.37. The summed E-state index contributed by atoms with van der Waals surface area (Å²) >= 11 is 0. The average molecular weight is 324 g/mol. The van der Waals surface area contributed by atoms with E-state index in [1.54, 1.807) is 11.9 Å². The third kappa shape index (κ3) is 5.20. The number of rotatable bonds is 6. The molecule has 0 aromatic carbocycles. The Bertz CT molecular complexity index is 435. The molecule has 0 spiro atoms. The molecular weight excluding hydrogens is 296 g/mol. The Balaban J connectivity index is 1.68. The summed E-state index contributed by atoms with van der Waals surface area (Å²) in [4.78, 5) is 37.4. The maximum atomic E-state index is 12.2. The van der Waals surface area contributed by atoms with Gasteiger partial charge in [-0.2, -0.15) is 0 Å². The topological polar surface area (TPSA) is 90.5 Å². The van der Waals surface area contributed by atoms with E-state index in [9.17, 15) is 14.4 Å². The van der Waals surface area contributed by atoms with E-state index >= 15 is 0 Å². The van der Waals surface area contributed by atoms with Gasteiger partial charge in [-0.3, -0.25) is 14.4 Å². The van der Waals surface area contributed by atoms with Crippen LogP contribution in [0.3, 0.4) is 0 Å². The molecule has 2 rings (SSSR count). The first-order chi connectivity index (χ1) is 11.1. The van der Waals surface area contributed by atoms with Crippen molar-refractivity contribution in [3.63, 3.8) is 0 Å². The zero-order valence-electron chi connectivity index (χ0n) is 13.9. The van der Waals surface area contributed by atoms with Crippen LogP contribution in [0, 0.1) is 5.92 Å². The van der Waals surface area contributed by atoms with Crippen molar-refractivity contribution in [1.82, 2.24) is 20.9 Å². The number of piperidine rings is 1. The lowest BCUT2D eigenvalue weighted by atomic mass is 9.93. The summed E-state index contributed by atoms with van der Waals surface area (Å²) in [5.41, 5.74) is 0. The van der Waals surface area contributed by atoms with Crippen LogP contribution in [-0.4, -0.2) is 61.9 Å². The third-order valence-corrected chi connectivity index (χ3v) is 4.80. The summed E-state index contributed by atoms with van der Waals surface area (Å²) in [7, 11) is 1.58. The van der Waals surface area contributed by atoms with Gasteiger partial charge >= 0.3 is 0 Å². The van der Waals surface area contributed by atoms with Gasteiger partial charge in [-0.05, 0) is 51.1 Å². The molecule has 3 N–H and O–H groups in total. The quantitative estimate of drug-likeness (QED) is 0.621. The van der Waals surface area contributed by atoms with Gasteiger partial charge in [-0.1, -0.05) is 0 Å². The summed E-state index contributed by atoms with van der Waals surface area (Å²) < 4.78 is 0. The first-order valence-electron chi connectivity index (χ1n) is 8.60. The first kappa shape index (κ1) is 17.7. The largest absolute Gasteiger partial charge is 0.357 e. The van der Waals surface area contributed by atoms with Gasteiger partial charge in [-0.25, -0.2) is 0 Å². The second kappa shape index (κ2) is 8.86. The highest BCUT2D eigenvalue weighted by atomic mass is 16.2. The zero-order chi connectivity index (χ0) is 16.7. The normalized spacial score (nSPS) is 22.0.